The molecular formula is C24H46N6O2. The molecule has 0 aromatic carbocycles. The second-order valence-electron chi connectivity index (χ2n) is 5.46. The number of aromatic nitrogens is 4. The quantitative estimate of drug-likeness (QED) is 0.609. The summed E-state index contributed by atoms with van der Waals surface area (Å²) in [6.07, 6.45) is 17.6. The van der Waals surface area contributed by atoms with Crippen LogP contribution >= 0.6 is 0 Å². The Morgan fingerprint density at radius 3 is 1.06 bits per heavy atom. The average Bonchev–Trinajstić information content (AvgIpc) is 2.86. The fraction of sp³-hybridized carbons (Fsp3) is 0.583. The van der Waals surface area contributed by atoms with Crippen molar-refractivity contribution in [2.24, 2.45) is 0 Å². The van der Waals surface area contributed by atoms with Gasteiger partial charge in [-0.2, -0.15) is 0 Å². The zero-order valence-corrected chi connectivity index (χ0v) is 21.5. The molecule has 0 aliphatic heterocycles. The summed E-state index contributed by atoms with van der Waals surface area (Å²) in [6, 6.07) is 0. The van der Waals surface area contributed by atoms with E-state index < -0.39 is 0 Å². The minimum atomic E-state index is 0.0573. The first kappa shape index (κ1) is 36.5. The van der Waals surface area contributed by atoms with Crippen LogP contribution in [0.25, 0.3) is 0 Å². The number of carbonyl (C=O) groups excluding carboxylic acids is 2. The predicted molar refractivity (Wildman–Crippen MR) is 134 cm³/mol. The van der Waals surface area contributed by atoms with Crippen molar-refractivity contribution in [3.8, 4) is 0 Å². The topological polar surface area (TPSA) is 110 Å². The van der Waals surface area contributed by atoms with Crippen LogP contribution in [0.5, 0.6) is 0 Å². The van der Waals surface area contributed by atoms with Gasteiger partial charge in [-0.15, -0.1) is 0 Å². The highest BCUT2D eigenvalue weighted by Gasteiger charge is 1.87. The first-order valence-corrected chi connectivity index (χ1v) is 11.4. The van der Waals surface area contributed by atoms with Crippen LogP contribution in [0, 0.1) is 0 Å². The lowest BCUT2D eigenvalue weighted by molar-refractivity contribution is -0.119. The zero-order chi connectivity index (χ0) is 25.3. The van der Waals surface area contributed by atoms with Crippen molar-refractivity contribution >= 4 is 11.8 Å². The Hall–Kier alpha value is -2.90. The van der Waals surface area contributed by atoms with Gasteiger partial charge in [0.25, 0.3) is 0 Å². The van der Waals surface area contributed by atoms with Crippen molar-refractivity contribution in [2.75, 3.05) is 13.1 Å². The van der Waals surface area contributed by atoms with Crippen LogP contribution < -0.4 is 10.6 Å². The molecule has 0 aliphatic rings. The molecule has 8 nitrogen and oxygen atoms in total. The maximum Gasteiger partial charge on any atom is 0.216 e. The summed E-state index contributed by atoms with van der Waals surface area (Å²) in [7, 11) is 0. The molecule has 2 rings (SSSR count). The minimum absolute atomic E-state index is 0.0573. The van der Waals surface area contributed by atoms with Crippen LogP contribution in [-0.4, -0.2) is 44.8 Å². The molecule has 8 heteroatoms. The molecule has 0 saturated heterocycles. The van der Waals surface area contributed by atoms with Crippen LogP contribution in [0.2, 0.25) is 0 Å². The number of hydrogen-bond acceptors (Lipinski definition) is 6. The molecule has 0 aliphatic carbocycles. The molecular weight excluding hydrogens is 404 g/mol. The van der Waals surface area contributed by atoms with E-state index in [0.29, 0.717) is 0 Å². The summed E-state index contributed by atoms with van der Waals surface area (Å²) < 4.78 is 0. The van der Waals surface area contributed by atoms with Gasteiger partial charge in [0.2, 0.25) is 11.8 Å². The van der Waals surface area contributed by atoms with E-state index >= 15 is 0 Å². The van der Waals surface area contributed by atoms with Gasteiger partial charge in [0.15, 0.2) is 0 Å². The van der Waals surface area contributed by atoms with Crippen LogP contribution in [0.4, 0.5) is 0 Å². The standard InChI is InChI=1S/C7H15NO.C5H11NO.2C4H4N2.2C2H6/c1-3-4-5-6-8-7(2)9;1-3-4-6-5(2)7;2*1-2-6-4-3-5-1;2*1-2/h3-6H2,1-2H3,(H,8,9);3-4H2,1-2H3,(H,6,7);2*1-4H;2*1-2H3. The molecule has 0 atom stereocenters. The largest absolute Gasteiger partial charge is 0.356 e. The first-order valence-electron chi connectivity index (χ1n) is 11.4. The molecule has 32 heavy (non-hydrogen) atoms. The fourth-order valence-electron chi connectivity index (χ4n) is 1.45. The lowest BCUT2D eigenvalue weighted by Crippen LogP contribution is -2.20. The first-order chi connectivity index (χ1) is 15.5. The zero-order valence-electron chi connectivity index (χ0n) is 21.5. The predicted octanol–water partition coefficient (Wildman–Crippen LogP) is 4.85. The third-order valence-electron chi connectivity index (χ3n) is 2.73. The maximum absolute atomic E-state index is 10.3. The Morgan fingerprint density at radius 1 is 0.562 bits per heavy atom. The summed E-state index contributed by atoms with van der Waals surface area (Å²) in [6.45, 7) is 16.9. The molecule has 2 amide bonds. The Morgan fingerprint density at radius 2 is 0.875 bits per heavy atom. The van der Waals surface area contributed by atoms with Gasteiger partial charge in [0, 0.05) is 76.5 Å². The summed E-state index contributed by atoms with van der Waals surface area (Å²) in [5.41, 5.74) is 0. The van der Waals surface area contributed by atoms with Gasteiger partial charge >= 0.3 is 0 Å². The number of hydrogen-bond donors (Lipinski definition) is 2. The molecule has 2 heterocycles. The number of nitrogens with one attached hydrogen (secondary N) is 2. The molecule has 0 radical (unpaired) electrons. The second-order valence-corrected chi connectivity index (χ2v) is 5.46. The van der Waals surface area contributed by atoms with Crippen LogP contribution in [0.15, 0.2) is 49.6 Å². The lowest BCUT2D eigenvalue weighted by Gasteiger charge is -1.98. The van der Waals surface area contributed by atoms with E-state index in [2.05, 4.69) is 37.5 Å². The van der Waals surface area contributed by atoms with Gasteiger partial charge in [-0.25, -0.2) is 0 Å². The van der Waals surface area contributed by atoms with E-state index in [4.69, 9.17) is 0 Å². The van der Waals surface area contributed by atoms with Crippen molar-refractivity contribution in [1.29, 1.82) is 0 Å². The number of nitrogens with zero attached hydrogens (tertiary/aromatic N) is 4. The number of carbonyl (C=O) groups is 2. The summed E-state index contributed by atoms with van der Waals surface area (Å²) in [4.78, 5) is 35.3. The molecule has 2 aromatic rings. The van der Waals surface area contributed by atoms with Crippen molar-refractivity contribution in [2.45, 2.75) is 81.1 Å². The molecule has 2 N–H and O–H groups in total. The van der Waals surface area contributed by atoms with Crippen molar-refractivity contribution < 1.29 is 9.59 Å². The number of amides is 2. The van der Waals surface area contributed by atoms with Gasteiger partial charge in [0.05, 0.1) is 0 Å². The third-order valence-corrected chi connectivity index (χ3v) is 2.73. The minimum Gasteiger partial charge on any atom is -0.356 e. The van der Waals surface area contributed by atoms with Crippen molar-refractivity contribution in [3.63, 3.8) is 0 Å². The van der Waals surface area contributed by atoms with E-state index in [0.717, 1.165) is 25.9 Å². The van der Waals surface area contributed by atoms with Gasteiger partial charge in [-0.1, -0.05) is 54.4 Å². The maximum atomic E-state index is 10.3. The molecule has 0 saturated carbocycles. The molecule has 0 bridgehead atoms. The smallest absolute Gasteiger partial charge is 0.216 e. The highest BCUT2D eigenvalue weighted by molar-refractivity contribution is 5.72. The SMILES string of the molecule is CC.CC.CCCCCNC(C)=O.CCCNC(C)=O.c1cnccn1.c1cnccn1. The van der Waals surface area contributed by atoms with E-state index in [9.17, 15) is 9.59 Å². The van der Waals surface area contributed by atoms with Gasteiger partial charge in [-0.3, -0.25) is 29.5 Å². The monoisotopic (exact) mass is 450 g/mol. The Bertz CT molecular complexity index is 472. The summed E-state index contributed by atoms with van der Waals surface area (Å²) in [5.74, 6) is 0.132. The molecule has 0 spiro atoms. The summed E-state index contributed by atoms with van der Waals surface area (Å²) in [5, 5.41) is 5.40. The molecule has 0 unspecified atom stereocenters. The lowest BCUT2D eigenvalue weighted by atomic mass is 10.2. The molecule has 0 fully saturated rings. The molecule has 2 aromatic heterocycles. The van der Waals surface area contributed by atoms with E-state index in [1.807, 2.05) is 34.6 Å². The fourth-order valence-corrected chi connectivity index (χ4v) is 1.45. The van der Waals surface area contributed by atoms with Gasteiger partial charge in [-0.05, 0) is 12.8 Å². The van der Waals surface area contributed by atoms with E-state index in [1.165, 1.54) is 19.8 Å². The number of rotatable bonds is 6. The normalized spacial score (nSPS) is 7.75. The third kappa shape index (κ3) is 50.6. The van der Waals surface area contributed by atoms with Crippen molar-refractivity contribution in [1.82, 2.24) is 30.6 Å². The van der Waals surface area contributed by atoms with Crippen LogP contribution in [0.3, 0.4) is 0 Å². The van der Waals surface area contributed by atoms with Gasteiger partial charge < -0.3 is 10.6 Å². The molecule has 184 valence electrons. The summed E-state index contributed by atoms with van der Waals surface area (Å²) >= 11 is 0. The van der Waals surface area contributed by atoms with E-state index in [-0.39, 0.29) is 11.8 Å². The van der Waals surface area contributed by atoms with Crippen LogP contribution in [-0.2, 0) is 9.59 Å². The Labute approximate surface area is 196 Å². The van der Waals surface area contributed by atoms with Crippen LogP contribution in [0.1, 0.15) is 81.1 Å². The average molecular weight is 451 g/mol. The Kier molecular flexibility index (Phi) is 44.1. The van der Waals surface area contributed by atoms with Crippen molar-refractivity contribution in [3.05, 3.63) is 49.6 Å². The van der Waals surface area contributed by atoms with E-state index in [1.54, 1.807) is 56.5 Å². The number of unbranched alkanes of at least 4 members (excludes halogenated alkanes) is 2. The highest BCUT2D eigenvalue weighted by Crippen LogP contribution is 1.90. The van der Waals surface area contributed by atoms with Gasteiger partial charge in [0.1, 0.15) is 0 Å². The second kappa shape index (κ2) is 38.7. The highest BCUT2D eigenvalue weighted by atomic mass is 16.1. The Balaban J connectivity index is -0.000000156.